The second-order valence-electron chi connectivity index (χ2n) is 7.15. The van der Waals surface area contributed by atoms with Gasteiger partial charge >= 0.3 is 0 Å². The minimum atomic E-state index is -0.643. The van der Waals surface area contributed by atoms with Gasteiger partial charge in [0.25, 0.3) is 0 Å². The van der Waals surface area contributed by atoms with Crippen LogP contribution >= 0.6 is 23.2 Å². The lowest BCUT2D eigenvalue weighted by molar-refractivity contribution is -0.140. The molecule has 0 aromatic heterocycles. The summed E-state index contributed by atoms with van der Waals surface area (Å²) < 4.78 is 0. The van der Waals surface area contributed by atoms with Crippen LogP contribution in [0.2, 0.25) is 10.0 Å². The molecule has 29 heavy (non-hydrogen) atoms. The van der Waals surface area contributed by atoms with Crippen LogP contribution in [0.4, 0.5) is 0 Å². The summed E-state index contributed by atoms with van der Waals surface area (Å²) in [5, 5.41) is 3.86. The van der Waals surface area contributed by atoms with Gasteiger partial charge in [0.05, 0.1) is 6.42 Å². The van der Waals surface area contributed by atoms with Crippen LogP contribution in [0, 0.1) is 6.92 Å². The number of hydrogen-bond donors (Lipinski definition) is 1. The number of carbonyl (C=O) groups excluding carboxylic acids is 2. The number of unbranched alkanes of at least 4 members (excludes halogenated alkanes) is 1. The van der Waals surface area contributed by atoms with Gasteiger partial charge in [0, 0.05) is 28.7 Å². The van der Waals surface area contributed by atoms with Crippen molar-refractivity contribution < 1.29 is 9.59 Å². The summed E-state index contributed by atoms with van der Waals surface area (Å²) in [5.41, 5.74) is 2.62. The van der Waals surface area contributed by atoms with E-state index in [9.17, 15) is 9.59 Å². The van der Waals surface area contributed by atoms with Gasteiger partial charge in [0.2, 0.25) is 11.8 Å². The predicted molar refractivity (Wildman–Crippen MR) is 119 cm³/mol. The fourth-order valence-electron chi connectivity index (χ4n) is 3.05. The Kier molecular flexibility index (Phi) is 8.99. The number of hydrogen-bond acceptors (Lipinski definition) is 2. The van der Waals surface area contributed by atoms with Crippen LogP contribution in [0.3, 0.4) is 0 Å². The maximum atomic E-state index is 13.2. The van der Waals surface area contributed by atoms with E-state index in [0.717, 1.165) is 24.0 Å². The zero-order valence-electron chi connectivity index (χ0n) is 17.2. The van der Waals surface area contributed by atoms with Crippen molar-refractivity contribution in [2.45, 2.75) is 52.6 Å². The molecule has 0 heterocycles. The summed E-state index contributed by atoms with van der Waals surface area (Å²) >= 11 is 12.7. The van der Waals surface area contributed by atoms with Gasteiger partial charge in [0.1, 0.15) is 6.04 Å². The average molecular weight is 435 g/mol. The predicted octanol–water partition coefficient (Wildman–Crippen LogP) is 5.18. The van der Waals surface area contributed by atoms with Gasteiger partial charge < -0.3 is 10.2 Å². The Balaban J connectivity index is 2.27. The van der Waals surface area contributed by atoms with E-state index in [0.29, 0.717) is 22.2 Å². The Morgan fingerprint density at radius 2 is 1.72 bits per heavy atom. The second kappa shape index (κ2) is 11.2. The van der Waals surface area contributed by atoms with Gasteiger partial charge in [0.15, 0.2) is 0 Å². The molecule has 0 aliphatic carbocycles. The molecule has 1 N–H and O–H groups in total. The highest BCUT2D eigenvalue weighted by molar-refractivity contribution is 6.36. The Labute approximate surface area is 183 Å². The number of benzene rings is 2. The van der Waals surface area contributed by atoms with Crippen molar-refractivity contribution in [2.24, 2.45) is 0 Å². The quantitative estimate of drug-likeness (QED) is 0.552. The maximum absolute atomic E-state index is 13.2. The van der Waals surface area contributed by atoms with Gasteiger partial charge in [-0.25, -0.2) is 0 Å². The molecular formula is C23H28Cl2N2O2. The molecule has 0 saturated carbocycles. The molecule has 0 saturated heterocycles. The van der Waals surface area contributed by atoms with Crippen LogP contribution in [0.5, 0.6) is 0 Å². The summed E-state index contributed by atoms with van der Waals surface area (Å²) in [5.74, 6) is -0.326. The van der Waals surface area contributed by atoms with Crippen molar-refractivity contribution >= 4 is 35.0 Å². The average Bonchev–Trinajstić information content (AvgIpc) is 2.69. The van der Waals surface area contributed by atoms with Crippen molar-refractivity contribution in [3.63, 3.8) is 0 Å². The van der Waals surface area contributed by atoms with Crippen molar-refractivity contribution in [1.82, 2.24) is 10.2 Å². The molecule has 4 nitrogen and oxygen atoms in total. The smallest absolute Gasteiger partial charge is 0.242 e. The van der Waals surface area contributed by atoms with Crippen molar-refractivity contribution in [2.75, 3.05) is 6.54 Å². The third-order valence-corrected chi connectivity index (χ3v) is 5.70. The van der Waals surface area contributed by atoms with Gasteiger partial charge in [-0.1, -0.05) is 66.9 Å². The largest absolute Gasteiger partial charge is 0.354 e. The third kappa shape index (κ3) is 6.48. The lowest BCUT2D eigenvalue weighted by atomic mass is 10.0. The number of halogens is 2. The third-order valence-electron chi connectivity index (χ3n) is 4.99. The fraction of sp³-hybridized carbons (Fsp3) is 0.391. The lowest BCUT2D eigenvalue weighted by Crippen LogP contribution is -2.48. The van der Waals surface area contributed by atoms with E-state index < -0.39 is 6.04 Å². The minimum Gasteiger partial charge on any atom is -0.354 e. The van der Waals surface area contributed by atoms with Gasteiger partial charge in [-0.15, -0.1) is 0 Å². The van der Waals surface area contributed by atoms with E-state index in [4.69, 9.17) is 23.2 Å². The van der Waals surface area contributed by atoms with E-state index in [1.165, 1.54) is 0 Å². The molecule has 2 rings (SSSR count). The number of nitrogens with zero attached hydrogens (tertiary/aromatic N) is 1. The molecule has 0 radical (unpaired) electrons. The first-order valence-electron chi connectivity index (χ1n) is 9.89. The number of amides is 2. The molecule has 0 spiro atoms. The molecule has 2 aromatic carbocycles. The van der Waals surface area contributed by atoms with E-state index in [1.54, 1.807) is 30.0 Å². The molecule has 2 amide bonds. The number of carbonyl (C=O) groups is 2. The SMILES string of the molecule is CCCCNC(=O)[C@H](C)N(Cc1c(Cl)cccc1Cl)C(=O)Cc1ccccc1C. The van der Waals surface area contributed by atoms with Crippen LogP contribution in [0.1, 0.15) is 43.4 Å². The van der Waals surface area contributed by atoms with Gasteiger partial charge in [-0.2, -0.15) is 0 Å². The molecule has 0 fully saturated rings. The molecular weight excluding hydrogens is 407 g/mol. The first-order valence-corrected chi connectivity index (χ1v) is 10.6. The molecule has 6 heteroatoms. The summed E-state index contributed by atoms with van der Waals surface area (Å²) in [7, 11) is 0. The summed E-state index contributed by atoms with van der Waals surface area (Å²) in [6.07, 6.45) is 2.09. The molecule has 0 unspecified atom stereocenters. The topological polar surface area (TPSA) is 49.4 Å². The normalized spacial score (nSPS) is 11.8. The van der Waals surface area contributed by atoms with Crippen LogP contribution in [-0.4, -0.2) is 29.3 Å². The number of aryl methyl sites for hydroxylation is 1. The Bertz CT molecular complexity index is 834. The fourth-order valence-corrected chi connectivity index (χ4v) is 3.56. The van der Waals surface area contributed by atoms with Crippen LogP contribution in [0.15, 0.2) is 42.5 Å². The van der Waals surface area contributed by atoms with Gasteiger partial charge in [-0.05, 0) is 43.5 Å². The highest BCUT2D eigenvalue weighted by Gasteiger charge is 2.27. The standard InChI is InChI=1S/C23H28Cl2N2O2/c1-4-5-13-26-23(29)17(3)27(15-19-20(24)11-8-12-21(19)25)22(28)14-18-10-7-6-9-16(18)2/h6-12,17H,4-5,13-15H2,1-3H3,(H,26,29)/t17-/m0/s1. The molecule has 0 bridgehead atoms. The zero-order valence-corrected chi connectivity index (χ0v) is 18.7. The maximum Gasteiger partial charge on any atom is 0.242 e. The summed E-state index contributed by atoms with van der Waals surface area (Å²) in [6.45, 7) is 6.53. The van der Waals surface area contributed by atoms with E-state index in [1.807, 2.05) is 31.2 Å². The number of nitrogens with one attached hydrogen (secondary N) is 1. The Morgan fingerprint density at radius 3 is 2.34 bits per heavy atom. The second-order valence-corrected chi connectivity index (χ2v) is 7.96. The zero-order chi connectivity index (χ0) is 21.4. The van der Waals surface area contributed by atoms with E-state index >= 15 is 0 Å². The van der Waals surface area contributed by atoms with Crippen LogP contribution in [0.25, 0.3) is 0 Å². The Hall–Kier alpha value is -2.04. The molecule has 0 aliphatic heterocycles. The monoisotopic (exact) mass is 434 g/mol. The first-order chi connectivity index (χ1) is 13.8. The minimum absolute atomic E-state index is 0.145. The first kappa shape index (κ1) is 23.2. The van der Waals surface area contributed by atoms with Crippen molar-refractivity contribution in [1.29, 1.82) is 0 Å². The molecule has 0 aliphatic rings. The number of rotatable bonds is 9. The summed E-state index contributed by atoms with van der Waals surface area (Å²) in [6, 6.07) is 12.3. The molecule has 2 aromatic rings. The highest BCUT2D eigenvalue weighted by Crippen LogP contribution is 2.27. The van der Waals surface area contributed by atoms with Crippen LogP contribution < -0.4 is 5.32 Å². The lowest BCUT2D eigenvalue weighted by Gasteiger charge is -2.29. The molecule has 1 atom stereocenters. The van der Waals surface area contributed by atoms with Crippen LogP contribution in [-0.2, 0) is 22.6 Å². The van der Waals surface area contributed by atoms with Gasteiger partial charge in [-0.3, -0.25) is 9.59 Å². The Morgan fingerprint density at radius 1 is 1.07 bits per heavy atom. The summed E-state index contributed by atoms with van der Waals surface area (Å²) in [4.78, 5) is 27.5. The molecule has 156 valence electrons. The van der Waals surface area contributed by atoms with Crippen molar-refractivity contribution in [3.8, 4) is 0 Å². The van der Waals surface area contributed by atoms with E-state index in [-0.39, 0.29) is 24.8 Å². The highest BCUT2D eigenvalue weighted by atomic mass is 35.5. The van der Waals surface area contributed by atoms with Crippen molar-refractivity contribution in [3.05, 3.63) is 69.2 Å². The van der Waals surface area contributed by atoms with E-state index in [2.05, 4.69) is 12.2 Å².